The molecule has 2 heterocycles. The third kappa shape index (κ3) is 12.0. The van der Waals surface area contributed by atoms with Crippen LogP contribution in [0.4, 0.5) is 0 Å². The van der Waals surface area contributed by atoms with Crippen LogP contribution in [0.25, 0.3) is 66.4 Å². The minimum atomic E-state index is -1.65. The molecule has 0 amide bonds. The van der Waals surface area contributed by atoms with Gasteiger partial charge in [-0.05, 0) is 84.0 Å². The van der Waals surface area contributed by atoms with Crippen molar-refractivity contribution in [2.45, 2.75) is 132 Å². The van der Waals surface area contributed by atoms with Crippen molar-refractivity contribution in [2.75, 3.05) is 0 Å². The van der Waals surface area contributed by atoms with Crippen LogP contribution >= 0.6 is 17.0 Å². The topological polar surface area (TPSA) is 26.3 Å². The fraction of sp³-hybridized carbons (Fsp3) is 0.345. The van der Waals surface area contributed by atoms with Gasteiger partial charge < -0.3 is 8.83 Å². The van der Waals surface area contributed by atoms with Gasteiger partial charge >= 0.3 is 53.5 Å². The summed E-state index contributed by atoms with van der Waals surface area (Å²) >= 11 is -1.65. The van der Waals surface area contributed by atoms with Crippen molar-refractivity contribution in [3.8, 4) is 44.9 Å². The molecule has 0 unspecified atom stereocenters. The standard InChI is InChI=1S/2C28H33OSi.C2H6Si.2ClH.Zr/c2*1-18-15-21-16-22(25-13-14-26(29-25)30(6,7)8)17-24(21)27(19(18)2)20-9-11-23(12-10-20)28(3,4)5;1-3-2;;;/h2*9-17H,1-8H3;1-2H3;2*1H;/q2*-1;;;;+2/p-2. The Morgan fingerprint density at radius 1 is 0.500 bits per heavy atom. The van der Waals surface area contributed by atoms with E-state index in [1.165, 1.54) is 88.3 Å². The van der Waals surface area contributed by atoms with Gasteiger partial charge in [0.2, 0.25) is 0 Å². The molecule has 348 valence electrons. The SMILES string of the molecule is C[Si](C)=[Zr]([Cl])[Cl].Cc1cc2[cH-]c(-c3ccc([Si](C)(C)C)o3)cc2c(-c2ccc(C(C)(C)C)cc2)c1C.Cc1cc2[cH-]c(-c3ccc([Si](C)(C)C)o3)cc2c(-c2ccc(C(C)(C)C)cc2)c1C. The van der Waals surface area contributed by atoms with Gasteiger partial charge in [-0.15, -0.1) is 57.9 Å². The summed E-state index contributed by atoms with van der Waals surface area (Å²) in [6.45, 7) is 40.8. The molecule has 0 aliphatic carbocycles. The maximum absolute atomic E-state index is 6.28. The van der Waals surface area contributed by atoms with Gasteiger partial charge in [-0.3, -0.25) is 0 Å². The second-order valence-electron chi connectivity index (χ2n) is 22.6. The fourth-order valence-corrected chi connectivity index (χ4v) is 10.3. The summed E-state index contributed by atoms with van der Waals surface area (Å²) in [6.07, 6.45) is 0. The third-order valence-electron chi connectivity index (χ3n) is 12.8. The van der Waals surface area contributed by atoms with Crippen LogP contribution < -0.4 is 10.8 Å². The van der Waals surface area contributed by atoms with Gasteiger partial charge in [0, 0.05) is 0 Å². The number of hydrogen-bond acceptors (Lipinski definition) is 2. The van der Waals surface area contributed by atoms with Crippen LogP contribution in [-0.4, -0.2) is 21.6 Å². The Balaban J connectivity index is 0.000000194. The minimum Gasteiger partial charge on any atom is -0.501 e. The van der Waals surface area contributed by atoms with Crippen molar-refractivity contribution in [3.63, 3.8) is 0 Å². The molecule has 0 fully saturated rings. The molecule has 6 aromatic carbocycles. The third-order valence-corrected chi connectivity index (χ3v) is 36.0. The molecule has 0 bridgehead atoms. The van der Waals surface area contributed by atoms with Crippen LogP contribution in [0.3, 0.4) is 0 Å². The van der Waals surface area contributed by atoms with Crippen molar-refractivity contribution in [2.24, 2.45) is 0 Å². The molecule has 0 saturated carbocycles. The van der Waals surface area contributed by atoms with Crippen LogP contribution in [0, 0.1) is 27.7 Å². The van der Waals surface area contributed by atoms with Crippen LogP contribution in [0.5, 0.6) is 0 Å². The maximum atomic E-state index is 6.28. The van der Waals surface area contributed by atoms with E-state index in [1.54, 1.807) is 0 Å². The van der Waals surface area contributed by atoms with Gasteiger partial charge in [0.15, 0.2) is 0 Å². The monoisotopic (exact) mass is 1040 g/mol. The molecular weight excluding hydrogens is 975 g/mol. The quantitative estimate of drug-likeness (QED) is 0.123. The first-order valence-electron chi connectivity index (χ1n) is 23.4. The molecule has 8 rings (SSSR count). The number of fused-ring (bicyclic) bond motifs is 2. The van der Waals surface area contributed by atoms with Gasteiger partial charge in [-0.25, -0.2) is 0 Å². The zero-order chi connectivity index (χ0) is 48.8. The van der Waals surface area contributed by atoms with E-state index in [2.05, 4.69) is 231 Å². The first kappa shape index (κ1) is 52.2. The molecule has 66 heavy (non-hydrogen) atoms. The fourth-order valence-electron chi connectivity index (χ4n) is 8.30. The van der Waals surface area contributed by atoms with E-state index in [1.807, 2.05) is 0 Å². The molecule has 8 heteroatoms. The van der Waals surface area contributed by atoms with Gasteiger partial charge in [0.25, 0.3) is 0 Å². The number of halogens is 2. The number of benzene rings is 4. The van der Waals surface area contributed by atoms with Crippen molar-refractivity contribution < 1.29 is 26.8 Å². The predicted molar refractivity (Wildman–Crippen MR) is 297 cm³/mol. The van der Waals surface area contributed by atoms with Crippen LogP contribution in [0.1, 0.15) is 74.9 Å². The Morgan fingerprint density at radius 3 is 1.08 bits per heavy atom. The summed E-state index contributed by atoms with van der Waals surface area (Å²) in [4.78, 5) is 0. The number of aryl methyl sites for hydroxylation is 2. The second-order valence-corrected chi connectivity index (χ2v) is 55.6. The van der Waals surface area contributed by atoms with Gasteiger partial charge in [0.05, 0.1) is 22.3 Å². The van der Waals surface area contributed by atoms with E-state index in [0.717, 1.165) is 22.3 Å². The normalized spacial score (nSPS) is 12.2. The number of furan rings is 2. The van der Waals surface area contributed by atoms with Crippen LogP contribution in [0.15, 0.2) is 118 Å². The Morgan fingerprint density at radius 2 is 0.818 bits per heavy atom. The van der Waals surface area contributed by atoms with Crippen LogP contribution in [0.2, 0.25) is 52.4 Å². The Bertz CT molecular complexity index is 2800. The van der Waals surface area contributed by atoms with Crippen molar-refractivity contribution >= 4 is 70.9 Å². The first-order valence-corrected chi connectivity index (χ1v) is 42.9. The minimum absolute atomic E-state index is 0.163. The van der Waals surface area contributed by atoms with Gasteiger partial charge in [0.1, 0.15) is 16.1 Å². The Kier molecular flexibility index (Phi) is 15.8. The molecule has 2 aromatic heterocycles. The molecule has 0 aliphatic rings. The van der Waals surface area contributed by atoms with E-state index in [0.29, 0.717) is 0 Å². The molecule has 0 spiro atoms. The largest absolute Gasteiger partial charge is 0.501 e. The average molecular weight is 1050 g/mol. The van der Waals surface area contributed by atoms with Gasteiger partial charge in [-0.2, -0.15) is 0 Å². The van der Waals surface area contributed by atoms with Crippen LogP contribution in [-0.2, 0) is 28.8 Å². The van der Waals surface area contributed by atoms with E-state index in [4.69, 9.17) is 25.9 Å². The summed E-state index contributed by atoms with van der Waals surface area (Å²) in [6, 6.07) is 40.6. The number of hydrogen-bond donors (Lipinski definition) is 0. The summed E-state index contributed by atoms with van der Waals surface area (Å²) in [5.41, 5.74) is 15.8. The number of rotatable bonds is 6. The molecule has 0 saturated heterocycles. The molecule has 0 atom stereocenters. The smallest absolute Gasteiger partial charge is 0.122 e. The summed E-state index contributed by atoms with van der Waals surface area (Å²) in [5.74, 6) is 1.96. The van der Waals surface area contributed by atoms with Crippen molar-refractivity contribution in [1.29, 1.82) is 0 Å². The van der Waals surface area contributed by atoms with E-state index >= 15 is 0 Å². The summed E-state index contributed by atoms with van der Waals surface area (Å²) < 4.78 is 12.6. The predicted octanol–water partition coefficient (Wildman–Crippen LogP) is 18.1. The molecule has 0 radical (unpaired) electrons. The van der Waals surface area contributed by atoms with E-state index in [-0.39, 0.29) is 16.3 Å². The zero-order valence-electron chi connectivity index (χ0n) is 43.0. The van der Waals surface area contributed by atoms with Gasteiger partial charge in [-0.1, -0.05) is 175 Å². The first-order chi connectivity index (χ1) is 30.5. The second kappa shape index (κ2) is 20.0. The maximum Gasteiger partial charge on any atom is 0.122 e. The summed E-state index contributed by atoms with van der Waals surface area (Å²) in [5, 5.41) is 7.51. The zero-order valence-corrected chi connectivity index (χ0v) is 49.9. The average Bonchev–Trinajstić information content (AvgIpc) is 4.05. The van der Waals surface area contributed by atoms with E-state index < -0.39 is 34.1 Å². The molecule has 0 aliphatic heterocycles. The Hall–Kier alpha value is -3.23. The van der Waals surface area contributed by atoms with Crippen molar-refractivity contribution in [3.05, 3.63) is 143 Å². The molecular formula is C58H72Cl2O2Si3Zr-2. The summed E-state index contributed by atoms with van der Waals surface area (Å²) in [7, 11) is 8.33. The van der Waals surface area contributed by atoms with E-state index in [9.17, 15) is 0 Å². The molecule has 2 nitrogen and oxygen atoms in total. The van der Waals surface area contributed by atoms with Crippen molar-refractivity contribution in [1.82, 2.24) is 0 Å². The Labute approximate surface area is 414 Å². The molecule has 8 aromatic rings. The molecule has 0 N–H and O–H groups in total.